The van der Waals surface area contributed by atoms with E-state index in [0.717, 1.165) is 15.6 Å². The zero-order chi connectivity index (χ0) is 14.4. The van der Waals surface area contributed by atoms with Crippen molar-refractivity contribution in [2.45, 2.75) is 25.3 Å². The van der Waals surface area contributed by atoms with E-state index in [1.165, 1.54) is 0 Å². The van der Waals surface area contributed by atoms with Gasteiger partial charge in [-0.3, -0.25) is 9.78 Å². The largest absolute Gasteiger partial charge is 0.324 e. The smallest absolute Gasteiger partial charge is 0.137 e. The normalized spacial score (nSPS) is 12.1. The molecule has 0 spiro atoms. The molecule has 0 amide bonds. The number of hydrogen-bond acceptors (Lipinski definition) is 3. The summed E-state index contributed by atoms with van der Waals surface area (Å²) in [5.74, 6) is 0.191. The number of hydrogen-bond donors (Lipinski definition) is 1. The first-order valence-corrected chi connectivity index (χ1v) is 7.36. The van der Waals surface area contributed by atoms with E-state index in [-0.39, 0.29) is 11.8 Å². The zero-order valence-corrected chi connectivity index (χ0v) is 12.7. The van der Waals surface area contributed by atoms with E-state index in [1.807, 2.05) is 36.4 Å². The molecule has 0 saturated carbocycles. The minimum Gasteiger partial charge on any atom is -0.324 e. The minimum absolute atomic E-state index is 0.0826. The molecule has 0 radical (unpaired) electrons. The van der Waals surface area contributed by atoms with Gasteiger partial charge in [0.15, 0.2) is 0 Å². The van der Waals surface area contributed by atoms with Crippen LogP contribution >= 0.6 is 15.9 Å². The van der Waals surface area contributed by atoms with Crippen LogP contribution in [0.1, 0.15) is 30.0 Å². The summed E-state index contributed by atoms with van der Waals surface area (Å²) in [7, 11) is 0. The molecule has 1 aromatic heterocycles. The van der Waals surface area contributed by atoms with E-state index >= 15 is 0 Å². The molecule has 1 unspecified atom stereocenters. The topological polar surface area (TPSA) is 56.0 Å². The summed E-state index contributed by atoms with van der Waals surface area (Å²) < 4.78 is 0.892. The van der Waals surface area contributed by atoms with E-state index < -0.39 is 0 Å². The highest BCUT2D eigenvalue weighted by molar-refractivity contribution is 9.10. The molecule has 0 bridgehead atoms. The number of carbonyl (C=O) groups is 1. The van der Waals surface area contributed by atoms with Gasteiger partial charge in [0.05, 0.1) is 0 Å². The van der Waals surface area contributed by atoms with Crippen molar-refractivity contribution in [3.05, 3.63) is 64.4 Å². The fourth-order valence-electron chi connectivity index (χ4n) is 2.05. The Morgan fingerprint density at radius 2 is 2.00 bits per heavy atom. The highest BCUT2D eigenvalue weighted by Crippen LogP contribution is 2.16. The molecule has 2 rings (SSSR count). The Hall–Kier alpha value is -1.52. The molecule has 4 heteroatoms. The third kappa shape index (κ3) is 4.54. The predicted molar refractivity (Wildman–Crippen MR) is 83.3 cm³/mol. The standard InChI is InChI=1S/C16H17BrN2O/c17-14-8-12(10-19-11-14)9-15(20)6-7-16(18)13-4-2-1-3-5-13/h1-5,8,10-11,16H,6-7,9,18H2. The molecule has 1 atom stereocenters. The number of pyridine rings is 1. The number of aromatic nitrogens is 1. The van der Waals surface area contributed by atoms with Crippen LogP contribution in [-0.2, 0) is 11.2 Å². The van der Waals surface area contributed by atoms with Crippen LogP contribution in [0.3, 0.4) is 0 Å². The van der Waals surface area contributed by atoms with Crippen molar-refractivity contribution in [2.75, 3.05) is 0 Å². The van der Waals surface area contributed by atoms with Crippen LogP contribution in [0.15, 0.2) is 53.3 Å². The van der Waals surface area contributed by atoms with Gasteiger partial charge in [-0.2, -0.15) is 0 Å². The number of nitrogens with two attached hydrogens (primary N) is 1. The fraction of sp³-hybridized carbons (Fsp3) is 0.250. The Morgan fingerprint density at radius 1 is 1.25 bits per heavy atom. The maximum absolute atomic E-state index is 12.0. The number of benzene rings is 1. The second-order valence-electron chi connectivity index (χ2n) is 4.78. The van der Waals surface area contributed by atoms with Crippen LogP contribution in [0.25, 0.3) is 0 Å². The highest BCUT2D eigenvalue weighted by Gasteiger charge is 2.10. The number of ketones is 1. The van der Waals surface area contributed by atoms with Gasteiger partial charge in [-0.25, -0.2) is 0 Å². The summed E-state index contributed by atoms with van der Waals surface area (Å²) in [6.45, 7) is 0. The Kier molecular flexibility index (Phi) is 5.44. The molecule has 3 nitrogen and oxygen atoms in total. The summed E-state index contributed by atoms with van der Waals surface area (Å²) in [6.07, 6.45) is 5.00. The SMILES string of the molecule is NC(CCC(=O)Cc1cncc(Br)c1)c1ccccc1. The number of rotatable bonds is 6. The van der Waals surface area contributed by atoms with Gasteiger partial charge >= 0.3 is 0 Å². The van der Waals surface area contributed by atoms with E-state index in [4.69, 9.17) is 5.73 Å². The zero-order valence-electron chi connectivity index (χ0n) is 11.1. The molecule has 20 heavy (non-hydrogen) atoms. The first-order chi connectivity index (χ1) is 9.65. The number of carbonyl (C=O) groups excluding carboxylic acids is 1. The lowest BCUT2D eigenvalue weighted by atomic mass is 9.99. The van der Waals surface area contributed by atoms with Crippen molar-refractivity contribution in [3.8, 4) is 0 Å². The molecule has 0 saturated heterocycles. The van der Waals surface area contributed by atoms with Crippen molar-refractivity contribution in [3.63, 3.8) is 0 Å². The lowest BCUT2D eigenvalue weighted by Crippen LogP contribution is -2.13. The molecule has 104 valence electrons. The van der Waals surface area contributed by atoms with Crippen molar-refractivity contribution in [2.24, 2.45) is 5.73 Å². The monoisotopic (exact) mass is 332 g/mol. The summed E-state index contributed by atoms with van der Waals surface area (Å²) in [6, 6.07) is 11.7. The number of halogens is 1. The van der Waals surface area contributed by atoms with Crippen LogP contribution in [0.2, 0.25) is 0 Å². The van der Waals surface area contributed by atoms with Crippen LogP contribution < -0.4 is 5.73 Å². The molecule has 1 heterocycles. The average molecular weight is 333 g/mol. The van der Waals surface area contributed by atoms with Gasteiger partial charge in [0.2, 0.25) is 0 Å². The predicted octanol–water partition coefficient (Wildman–Crippen LogP) is 3.44. The van der Waals surface area contributed by atoms with Crippen molar-refractivity contribution < 1.29 is 4.79 Å². The average Bonchev–Trinajstić information content (AvgIpc) is 2.46. The molecule has 1 aromatic carbocycles. The van der Waals surface area contributed by atoms with Crippen molar-refractivity contribution in [1.29, 1.82) is 0 Å². The molecule has 2 aromatic rings. The van der Waals surface area contributed by atoms with Gasteiger partial charge in [0.25, 0.3) is 0 Å². The third-order valence-electron chi connectivity index (χ3n) is 3.12. The van der Waals surface area contributed by atoms with E-state index in [9.17, 15) is 4.79 Å². The van der Waals surface area contributed by atoms with Crippen LogP contribution in [0, 0.1) is 0 Å². The molecular formula is C16H17BrN2O. The van der Waals surface area contributed by atoms with Crippen molar-refractivity contribution in [1.82, 2.24) is 4.98 Å². The second-order valence-corrected chi connectivity index (χ2v) is 5.70. The first kappa shape index (κ1) is 14.9. The maximum Gasteiger partial charge on any atom is 0.137 e. The van der Waals surface area contributed by atoms with Crippen molar-refractivity contribution >= 4 is 21.7 Å². The molecule has 0 aliphatic carbocycles. The van der Waals surface area contributed by atoms with Crippen LogP contribution in [0.5, 0.6) is 0 Å². The quantitative estimate of drug-likeness (QED) is 0.881. The summed E-state index contributed by atoms with van der Waals surface area (Å²) >= 11 is 3.35. The van der Waals surface area contributed by atoms with E-state index in [0.29, 0.717) is 19.3 Å². The maximum atomic E-state index is 12.0. The summed E-state index contributed by atoms with van der Waals surface area (Å²) in [5, 5.41) is 0. The van der Waals surface area contributed by atoms with Gasteiger partial charge in [-0.1, -0.05) is 30.3 Å². The Labute approximate surface area is 127 Å². The molecule has 0 aliphatic heterocycles. The number of Topliss-reactive ketones (excluding diaryl/α,β-unsaturated/α-hetero) is 1. The lowest BCUT2D eigenvalue weighted by Gasteiger charge is -2.11. The second kappa shape index (κ2) is 7.31. The highest BCUT2D eigenvalue weighted by atomic mass is 79.9. The molecular weight excluding hydrogens is 316 g/mol. The van der Waals surface area contributed by atoms with Gasteiger partial charge < -0.3 is 5.73 Å². The Morgan fingerprint density at radius 3 is 2.70 bits per heavy atom. The van der Waals surface area contributed by atoms with Crippen LogP contribution in [0.4, 0.5) is 0 Å². The number of nitrogens with zero attached hydrogens (tertiary/aromatic N) is 1. The van der Waals surface area contributed by atoms with Gasteiger partial charge in [0.1, 0.15) is 5.78 Å². The lowest BCUT2D eigenvalue weighted by molar-refractivity contribution is -0.118. The Balaban J connectivity index is 1.83. The third-order valence-corrected chi connectivity index (χ3v) is 3.56. The minimum atomic E-state index is -0.0826. The van der Waals surface area contributed by atoms with E-state index in [2.05, 4.69) is 20.9 Å². The summed E-state index contributed by atoms with van der Waals surface area (Å²) in [5.41, 5.74) is 8.09. The van der Waals surface area contributed by atoms with Gasteiger partial charge in [-0.15, -0.1) is 0 Å². The first-order valence-electron chi connectivity index (χ1n) is 6.57. The van der Waals surface area contributed by atoms with E-state index in [1.54, 1.807) is 12.4 Å². The molecule has 0 aliphatic rings. The molecule has 2 N–H and O–H groups in total. The van der Waals surface area contributed by atoms with Gasteiger partial charge in [-0.05, 0) is 39.5 Å². The van der Waals surface area contributed by atoms with Gasteiger partial charge in [0, 0.05) is 35.7 Å². The Bertz CT molecular complexity index is 572. The fourth-order valence-corrected chi connectivity index (χ4v) is 2.46. The summed E-state index contributed by atoms with van der Waals surface area (Å²) in [4.78, 5) is 16.0. The van der Waals surface area contributed by atoms with Crippen LogP contribution in [-0.4, -0.2) is 10.8 Å². The molecule has 0 fully saturated rings.